The third-order valence-electron chi connectivity index (χ3n) is 3.16. The van der Waals surface area contributed by atoms with Gasteiger partial charge < -0.3 is 0 Å². The minimum absolute atomic E-state index is 0.743. The Kier molecular flexibility index (Phi) is 5.24. The minimum Gasteiger partial charge on any atom is -0.293 e. The smallest absolute Gasteiger partial charge is 0.0423 e. The van der Waals surface area contributed by atoms with E-state index in [0.29, 0.717) is 0 Å². The average molecular weight is 217 g/mol. The van der Waals surface area contributed by atoms with Crippen LogP contribution in [0.4, 0.5) is 0 Å². The summed E-state index contributed by atoms with van der Waals surface area (Å²) in [4.78, 5) is 4.64. The third-order valence-corrected chi connectivity index (χ3v) is 3.16. The van der Waals surface area contributed by atoms with Crippen LogP contribution in [-0.2, 0) is 0 Å². The molecule has 1 heterocycles. The first-order valence-electron chi connectivity index (χ1n) is 6.13. The predicted molar refractivity (Wildman–Crippen MR) is 73.0 cm³/mol. The van der Waals surface area contributed by atoms with E-state index in [9.17, 15) is 0 Å². The van der Waals surface area contributed by atoms with E-state index in [1.54, 1.807) is 0 Å². The molecule has 1 heteroatoms. The first kappa shape index (κ1) is 13.0. The van der Waals surface area contributed by atoms with Crippen molar-refractivity contribution in [2.24, 2.45) is 16.8 Å². The van der Waals surface area contributed by atoms with Gasteiger partial charge in [-0.2, -0.15) is 0 Å². The van der Waals surface area contributed by atoms with E-state index in [2.05, 4.69) is 37.6 Å². The molecule has 0 saturated heterocycles. The molecule has 0 aliphatic carbocycles. The average Bonchev–Trinajstić information content (AvgIpc) is 2.72. The molecule has 1 aliphatic heterocycles. The maximum absolute atomic E-state index is 4.64. The van der Waals surface area contributed by atoms with Gasteiger partial charge in [-0.25, -0.2) is 0 Å². The van der Waals surface area contributed by atoms with Crippen LogP contribution < -0.4 is 0 Å². The van der Waals surface area contributed by atoms with Crippen LogP contribution >= 0.6 is 0 Å². The molecule has 1 atom stereocenters. The number of rotatable bonds is 5. The molecule has 0 aromatic heterocycles. The van der Waals surface area contributed by atoms with Gasteiger partial charge in [0.05, 0.1) is 0 Å². The van der Waals surface area contributed by atoms with Crippen LogP contribution in [-0.4, -0.2) is 12.3 Å². The van der Waals surface area contributed by atoms with Crippen molar-refractivity contribution in [3.8, 4) is 0 Å². The van der Waals surface area contributed by atoms with E-state index in [1.807, 2.05) is 19.1 Å². The Morgan fingerprint density at radius 1 is 1.56 bits per heavy atom. The SMILES string of the molecule is C=C/C(=C\C=C/C)CC1=NCC(C(C)C)C1. The van der Waals surface area contributed by atoms with E-state index < -0.39 is 0 Å². The van der Waals surface area contributed by atoms with Crippen LogP contribution in [0.3, 0.4) is 0 Å². The molecule has 1 rings (SSSR count). The summed E-state index contributed by atoms with van der Waals surface area (Å²) < 4.78 is 0. The minimum atomic E-state index is 0.743. The molecular formula is C15H23N. The van der Waals surface area contributed by atoms with Gasteiger partial charge in [-0.05, 0) is 30.8 Å². The number of allylic oxidation sites excluding steroid dienone is 5. The summed E-state index contributed by atoms with van der Waals surface area (Å²) in [6, 6.07) is 0. The molecular weight excluding hydrogens is 194 g/mol. The highest BCUT2D eigenvalue weighted by Crippen LogP contribution is 2.24. The maximum Gasteiger partial charge on any atom is 0.0423 e. The lowest BCUT2D eigenvalue weighted by atomic mass is 9.91. The van der Waals surface area contributed by atoms with E-state index in [0.717, 1.165) is 24.8 Å². The highest BCUT2D eigenvalue weighted by atomic mass is 14.8. The fourth-order valence-corrected chi connectivity index (χ4v) is 1.91. The maximum atomic E-state index is 4.64. The molecule has 0 amide bonds. The van der Waals surface area contributed by atoms with Gasteiger partial charge in [0, 0.05) is 18.7 Å². The lowest BCUT2D eigenvalue weighted by Gasteiger charge is -2.12. The number of hydrogen-bond acceptors (Lipinski definition) is 1. The van der Waals surface area contributed by atoms with Crippen molar-refractivity contribution in [2.75, 3.05) is 6.54 Å². The summed E-state index contributed by atoms with van der Waals surface area (Å²) in [5.41, 5.74) is 2.61. The van der Waals surface area contributed by atoms with Crippen LogP contribution in [0, 0.1) is 11.8 Å². The van der Waals surface area contributed by atoms with Crippen molar-refractivity contribution in [3.05, 3.63) is 36.5 Å². The Hall–Kier alpha value is -1.11. The van der Waals surface area contributed by atoms with Gasteiger partial charge in [0.15, 0.2) is 0 Å². The molecule has 0 aromatic carbocycles. The molecule has 88 valence electrons. The van der Waals surface area contributed by atoms with Crippen molar-refractivity contribution in [2.45, 2.75) is 33.6 Å². The molecule has 0 radical (unpaired) electrons. The summed E-state index contributed by atoms with van der Waals surface area (Å²) in [6.45, 7) is 11.5. The fraction of sp³-hybridized carbons (Fsp3) is 0.533. The molecule has 16 heavy (non-hydrogen) atoms. The zero-order valence-electron chi connectivity index (χ0n) is 10.7. The topological polar surface area (TPSA) is 12.4 Å². The molecule has 0 bridgehead atoms. The molecule has 0 saturated carbocycles. The summed E-state index contributed by atoms with van der Waals surface area (Å²) >= 11 is 0. The second-order valence-electron chi connectivity index (χ2n) is 4.76. The van der Waals surface area contributed by atoms with Gasteiger partial charge in [-0.1, -0.05) is 44.7 Å². The van der Waals surface area contributed by atoms with Crippen molar-refractivity contribution >= 4 is 5.71 Å². The second kappa shape index (κ2) is 6.47. The van der Waals surface area contributed by atoms with Crippen LogP contribution in [0.5, 0.6) is 0 Å². The molecule has 0 fully saturated rings. The number of hydrogen-bond donors (Lipinski definition) is 0. The monoisotopic (exact) mass is 217 g/mol. The van der Waals surface area contributed by atoms with Gasteiger partial charge in [0.1, 0.15) is 0 Å². The summed E-state index contributed by atoms with van der Waals surface area (Å²) in [5.74, 6) is 1.50. The summed E-state index contributed by atoms with van der Waals surface area (Å²) in [5, 5.41) is 0. The first-order chi connectivity index (χ1) is 7.67. The largest absolute Gasteiger partial charge is 0.293 e. The summed E-state index contributed by atoms with van der Waals surface area (Å²) in [7, 11) is 0. The van der Waals surface area contributed by atoms with E-state index >= 15 is 0 Å². The standard InChI is InChI=1S/C15H23N/c1-5-7-8-13(6-2)9-15-10-14(11-16-15)12(3)4/h5-8,12,14H,2,9-11H2,1,3-4H3/b7-5-,13-8+. The Bertz CT molecular complexity index is 318. The van der Waals surface area contributed by atoms with Gasteiger partial charge in [0.2, 0.25) is 0 Å². The lowest BCUT2D eigenvalue weighted by molar-refractivity contribution is 0.425. The predicted octanol–water partition coefficient (Wildman–Crippen LogP) is 4.18. The van der Waals surface area contributed by atoms with E-state index in [1.165, 1.54) is 17.7 Å². The van der Waals surface area contributed by atoms with Crippen LogP contribution in [0.15, 0.2) is 41.4 Å². The van der Waals surface area contributed by atoms with Gasteiger partial charge in [-0.15, -0.1) is 0 Å². The van der Waals surface area contributed by atoms with Crippen molar-refractivity contribution in [1.29, 1.82) is 0 Å². The second-order valence-corrected chi connectivity index (χ2v) is 4.76. The molecule has 1 aliphatic rings. The highest BCUT2D eigenvalue weighted by molar-refractivity contribution is 5.88. The molecule has 1 nitrogen and oxygen atoms in total. The molecule has 0 aromatic rings. The number of nitrogens with zero attached hydrogens (tertiary/aromatic N) is 1. The zero-order chi connectivity index (χ0) is 12.0. The molecule has 1 unspecified atom stereocenters. The quantitative estimate of drug-likeness (QED) is 0.612. The van der Waals surface area contributed by atoms with Crippen molar-refractivity contribution < 1.29 is 0 Å². The number of aliphatic imine (C=N–C) groups is 1. The lowest BCUT2D eigenvalue weighted by Crippen LogP contribution is -2.09. The van der Waals surface area contributed by atoms with E-state index in [-0.39, 0.29) is 0 Å². The Balaban J connectivity index is 2.52. The Morgan fingerprint density at radius 2 is 2.31 bits per heavy atom. The Labute approximate surface area is 99.7 Å². The normalized spacial score (nSPS) is 21.9. The van der Waals surface area contributed by atoms with Gasteiger partial charge in [0.25, 0.3) is 0 Å². The zero-order valence-corrected chi connectivity index (χ0v) is 10.7. The van der Waals surface area contributed by atoms with Crippen LogP contribution in [0.1, 0.15) is 33.6 Å². The van der Waals surface area contributed by atoms with Crippen LogP contribution in [0.25, 0.3) is 0 Å². The van der Waals surface area contributed by atoms with Crippen molar-refractivity contribution in [3.63, 3.8) is 0 Å². The van der Waals surface area contributed by atoms with Gasteiger partial charge in [-0.3, -0.25) is 4.99 Å². The van der Waals surface area contributed by atoms with Crippen LogP contribution in [0.2, 0.25) is 0 Å². The third kappa shape index (κ3) is 3.80. The van der Waals surface area contributed by atoms with E-state index in [4.69, 9.17) is 0 Å². The van der Waals surface area contributed by atoms with Crippen molar-refractivity contribution in [1.82, 2.24) is 0 Å². The first-order valence-corrected chi connectivity index (χ1v) is 6.13. The highest BCUT2D eigenvalue weighted by Gasteiger charge is 2.21. The molecule has 0 spiro atoms. The van der Waals surface area contributed by atoms with Gasteiger partial charge >= 0.3 is 0 Å². The fourth-order valence-electron chi connectivity index (χ4n) is 1.91. The molecule has 0 N–H and O–H groups in total. The Morgan fingerprint density at radius 3 is 2.81 bits per heavy atom. The summed E-state index contributed by atoms with van der Waals surface area (Å²) in [6.07, 6.45) is 10.3.